The molecule has 1 amide bonds. The number of hydrogen-bond donors (Lipinski definition) is 1. The minimum absolute atomic E-state index is 0.209. The summed E-state index contributed by atoms with van der Waals surface area (Å²) in [6.07, 6.45) is 3.14. The zero-order valence-electron chi connectivity index (χ0n) is 13.1. The van der Waals surface area contributed by atoms with Crippen LogP contribution in [0.25, 0.3) is 11.0 Å². The lowest BCUT2D eigenvalue weighted by molar-refractivity contribution is -0.717. The third-order valence-corrected chi connectivity index (χ3v) is 5.98. The monoisotopic (exact) mass is 332 g/mol. The quantitative estimate of drug-likeness (QED) is 0.846. The minimum Gasteiger partial charge on any atom is -0.388 e. The fraction of sp³-hybridized carbons (Fsp3) is 0.529. The van der Waals surface area contributed by atoms with Crippen molar-refractivity contribution in [1.29, 1.82) is 0 Å². The standard InChI is InChI=1S/C17H22N3O2S/c21-13-10-19-14-6-2-3-7-15(14)20(17(19)23-12-13)11-16(22)18-8-4-1-5-9-18/h2-3,6-7,13,21H,1,4-5,8-12H2/q+1/t13-/m0/s1. The second-order valence-corrected chi connectivity index (χ2v) is 7.36. The Labute approximate surface area is 139 Å². The molecule has 0 spiro atoms. The van der Waals surface area contributed by atoms with Crippen molar-refractivity contribution in [2.75, 3.05) is 18.8 Å². The molecule has 0 unspecified atom stereocenters. The Morgan fingerprint density at radius 2 is 2.04 bits per heavy atom. The summed E-state index contributed by atoms with van der Waals surface area (Å²) in [4.78, 5) is 14.7. The van der Waals surface area contributed by atoms with E-state index in [4.69, 9.17) is 0 Å². The molecule has 1 fully saturated rings. The number of nitrogens with zero attached hydrogens (tertiary/aromatic N) is 3. The Kier molecular flexibility index (Phi) is 4.03. The predicted octanol–water partition coefficient (Wildman–Crippen LogP) is 1.41. The molecule has 1 atom stereocenters. The highest BCUT2D eigenvalue weighted by Gasteiger charge is 2.33. The van der Waals surface area contributed by atoms with Crippen LogP contribution in [0.2, 0.25) is 0 Å². The smallest absolute Gasteiger partial charge is 0.319 e. The Morgan fingerprint density at radius 1 is 1.26 bits per heavy atom. The van der Waals surface area contributed by atoms with Gasteiger partial charge in [-0.25, -0.2) is 9.13 Å². The van der Waals surface area contributed by atoms with Gasteiger partial charge in [-0.05, 0) is 43.2 Å². The molecule has 1 aromatic carbocycles. The van der Waals surface area contributed by atoms with E-state index in [2.05, 4.69) is 21.3 Å². The fourth-order valence-corrected chi connectivity index (χ4v) is 4.66. The van der Waals surface area contributed by atoms with Crippen molar-refractivity contribution in [3.63, 3.8) is 0 Å². The summed E-state index contributed by atoms with van der Waals surface area (Å²) in [5.74, 6) is 0.898. The molecule has 0 radical (unpaired) electrons. The molecule has 2 aliphatic heterocycles. The van der Waals surface area contributed by atoms with Gasteiger partial charge in [-0.2, -0.15) is 0 Å². The van der Waals surface area contributed by atoms with E-state index in [-0.39, 0.29) is 12.0 Å². The SMILES string of the molecule is O=C(Cn1c2[n+](c3ccccc31)C[C@H](O)CS2)N1CCCCC1. The summed E-state index contributed by atoms with van der Waals surface area (Å²) in [6, 6.07) is 8.16. The van der Waals surface area contributed by atoms with Gasteiger partial charge >= 0.3 is 5.16 Å². The number of hydrogen-bond acceptors (Lipinski definition) is 3. The van der Waals surface area contributed by atoms with Crippen LogP contribution in [0.1, 0.15) is 19.3 Å². The summed E-state index contributed by atoms with van der Waals surface area (Å²) < 4.78 is 4.28. The van der Waals surface area contributed by atoms with Gasteiger partial charge in [0.2, 0.25) is 0 Å². The summed E-state index contributed by atoms with van der Waals surface area (Å²) >= 11 is 1.64. The topological polar surface area (TPSA) is 49.4 Å². The van der Waals surface area contributed by atoms with Crippen LogP contribution in [0.15, 0.2) is 29.4 Å². The molecule has 1 N–H and O–H groups in total. The number of imidazole rings is 1. The van der Waals surface area contributed by atoms with Crippen molar-refractivity contribution in [3.8, 4) is 0 Å². The van der Waals surface area contributed by atoms with Crippen LogP contribution in [0, 0.1) is 0 Å². The van der Waals surface area contributed by atoms with Gasteiger partial charge in [0.15, 0.2) is 17.6 Å². The van der Waals surface area contributed by atoms with Crippen LogP contribution in [-0.4, -0.2) is 45.4 Å². The highest BCUT2D eigenvalue weighted by Crippen LogP contribution is 2.26. The van der Waals surface area contributed by atoms with Crippen molar-refractivity contribution < 1.29 is 14.5 Å². The molecule has 0 aliphatic carbocycles. The molecule has 2 aliphatic rings. The lowest BCUT2D eigenvalue weighted by atomic mass is 10.1. The Bertz CT molecular complexity index is 737. The third kappa shape index (κ3) is 2.74. The van der Waals surface area contributed by atoms with Gasteiger partial charge in [0.05, 0.1) is 0 Å². The zero-order chi connectivity index (χ0) is 15.8. The molecule has 23 heavy (non-hydrogen) atoms. The molecule has 1 aromatic heterocycles. The molecule has 0 bridgehead atoms. The summed E-state index contributed by atoms with van der Waals surface area (Å²) in [5.41, 5.74) is 2.18. The second-order valence-electron chi connectivity index (χ2n) is 6.37. The number of para-hydroxylation sites is 2. The van der Waals surface area contributed by atoms with E-state index in [1.54, 1.807) is 11.8 Å². The van der Waals surface area contributed by atoms with Gasteiger partial charge in [-0.15, -0.1) is 0 Å². The number of aromatic nitrogens is 2. The second kappa shape index (κ2) is 6.17. The molecule has 5 nitrogen and oxygen atoms in total. The molecular formula is C17H22N3O2S+. The van der Waals surface area contributed by atoms with E-state index in [1.807, 2.05) is 17.0 Å². The number of fused-ring (bicyclic) bond motifs is 3. The number of aliphatic hydroxyl groups is 1. The Morgan fingerprint density at radius 3 is 2.87 bits per heavy atom. The Hall–Kier alpha value is -1.53. The predicted molar refractivity (Wildman–Crippen MR) is 89.3 cm³/mol. The molecule has 2 aromatic rings. The maximum Gasteiger partial charge on any atom is 0.319 e. The van der Waals surface area contributed by atoms with Crippen molar-refractivity contribution in [2.45, 2.75) is 43.6 Å². The van der Waals surface area contributed by atoms with Crippen molar-refractivity contribution >= 4 is 28.7 Å². The van der Waals surface area contributed by atoms with Gasteiger partial charge < -0.3 is 10.0 Å². The molecule has 6 heteroatoms. The zero-order valence-corrected chi connectivity index (χ0v) is 14.0. The summed E-state index contributed by atoms with van der Waals surface area (Å²) in [7, 11) is 0. The third-order valence-electron chi connectivity index (χ3n) is 4.73. The van der Waals surface area contributed by atoms with Gasteiger partial charge in [-0.1, -0.05) is 12.1 Å². The number of carbonyl (C=O) groups excluding carboxylic acids is 1. The number of carbonyl (C=O) groups is 1. The van der Waals surface area contributed by atoms with Crippen LogP contribution in [0.5, 0.6) is 0 Å². The van der Waals surface area contributed by atoms with E-state index in [0.717, 1.165) is 42.1 Å². The number of piperidine rings is 1. The lowest BCUT2D eigenvalue weighted by Gasteiger charge is -2.26. The first-order valence-corrected chi connectivity index (χ1v) is 9.32. The highest BCUT2D eigenvalue weighted by molar-refractivity contribution is 7.99. The van der Waals surface area contributed by atoms with Crippen molar-refractivity contribution in [2.24, 2.45) is 0 Å². The summed E-state index contributed by atoms with van der Waals surface area (Å²) in [6.45, 7) is 2.78. The largest absolute Gasteiger partial charge is 0.388 e. The number of thioether (sulfide) groups is 1. The van der Waals surface area contributed by atoms with Crippen molar-refractivity contribution in [1.82, 2.24) is 9.47 Å². The van der Waals surface area contributed by atoms with Crippen LogP contribution >= 0.6 is 11.8 Å². The van der Waals surface area contributed by atoms with E-state index >= 15 is 0 Å². The molecule has 0 saturated carbocycles. The highest BCUT2D eigenvalue weighted by atomic mass is 32.2. The van der Waals surface area contributed by atoms with Crippen molar-refractivity contribution in [3.05, 3.63) is 24.3 Å². The summed E-state index contributed by atoms with van der Waals surface area (Å²) in [5, 5.41) is 11.1. The van der Waals surface area contributed by atoms with E-state index in [0.29, 0.717) is 18.8 Å². The number of aliphatic hydroxyl groups excluding tert-OH is 1. The minimum atomic E-state index is -0.324. The lowest BCUT2D eigenvalue weighted by Crippen LogP contribution is -2.46. The van der Waals surface area contributed by atoms with Gasteiger partial charge in [0.1, 0.15) is 12.6 Å². The first kappa shape index (κ1) is 15.0. The molecule has 3 heterocycles. The molecule has 1 saturated heterocycles. The number of benzene rings is 1. The van der Waals surface area contributed by atoms with E-state index in [9.17, 15) is 9.90 Å². The van der Waals surface area contributed by atoms with Crippen LogP contribution in [0.4, 0.5) is 0 Å². The molecule has 122 valence electrons. The average molecular weight is 332 g/mol. The number of rotatable bonds is 2. The van der Waals surface area contributed by atoms with E-state index in [1.165, 1.54) is 6.42 Å². The normalized spacial score (nSPS) is 21.4. The average Bonchev–Trinajstić information content (AvgIpc) is 2.89. The fourth-order valence-electron chi connectivity index (χ4n) is 3.57. The number of likely N-dealkylation sites (tertiary alicyclic amines) is 1. The maximum absolute atomic E-state index is 12.7. The first-order valence-electron chi connectivity index (χ1n) is 8.34. The number of amides is 1. The first-order chi connectivity index (χ1) is 11.2. The molecule has 4 rings (SSSR count). The van der Waals surface area contributed by atoms with Gasteiger partial charge in [-0.3, -0.25) is 4.79 Å². The van der Waals surface area contributed by atoms with Crippen LogP contribution < -0.4 is 4.57 Å². The molecular weight excluding hydrogens is 310 g/mol. The maximum atomic E-state index is 12.7. The van der Waals surface area contributed by atoms with Gasteiger partial charge in [0, 0.05) is 18.8 Å². The van der Waals surface area contributed by atoms with Gasteiger partial charge in [0.25, 0.3) is 5.91 Å². The van der Waals surface area contributed by atoms with E-state index < -0.39 is 0 Å². The van der Waals surface area contributed by atoms with Crippen LogP contribution in [0.3, 0.4) is 0 Å². The van der Waals surface area contributed by atoms with Crippen LogP contribution in [-0.2, 0) is 17.9 Å². The Balaban J connectivity index is 1.70.